The maximum atomic E-state index is 3.29. The number of aromatic amines is 1. The van der Waals surface area contributed by atoms with Gasteiger partial charge in [-0.1, -0.05) is 18.2 Å². The highest BCUT2D eigenvalue weighted by molar-refractivity contribution is 5.92. The highest BCUT2D eigenvalue weighted by atomic mass is 15.4. The van der Waals surface area contributed by atoms with Crippen molar-refractivity contribution in [3.05, 3.63) is 55.0 Å². The molecule has 0 fully saturated rings. The Kier molecular flexibility index (Phi) is 1.75. The summed E-state index contributed by atoms with van der Waals surface area (Å²) in [5, 5.41) is 1.20. The van der Waals surface area contributed by atoms with Gasteiger partial charge in [0, 0.05) is 29.5 Å². The Morgan fingerprint density at radius 1 is 1.00 bits per heavy atom. The van der Waals surface area contributed by atoms with Crippen molar-refractivity contribution >= 4 is 16.6 Å². The van der Waals surface area contributed by atoms with Crippen LogP contribution in [0.25, 0.3) is 10.9 Å². The van der Waals surface area contributed by atoms with Gasteiger partial charge in [0.25, 0.3) is 0 Å². The molecule has 1 aromatic carbocycles. The standard InChI is InChI=1S/C12H11N3/c1-2-6-11-10(5-1)12(9-13-11)14-15-7-3-4-8-15/h1-9,13-14H. The van der Waals surface area contributed by atoms with Crippen LogP contribution in [0.15, 0.2) is 55.0 Å². The lowest BCUT2D eigenvalue weighted by Crippen LogP contribution is -2.04. The average molecular weight is 197 g/mol. The Balaban J connectivity index is 2.05. The van der Waals surface area contributed by atoms with Crippen LogP contribution >= 0.6 is 0 Å². The minimum absolute atomic E-state index is 1.09. The SMILES string of the molecule is c1ccc2c(Nn3cccc3)c[nH]c2c1. The maximum absolute atomic E-state index is 3.29. The van der Waals surface area contributed by atoms with Crippen molar-refractivity contribution in [1.82, 2.24) is 9.66 Å². The van der Waals surface area contributed by atoms with Gasteiger partial charge in [-0.2, -0.15) is 0 Å². The molecule has 0 aliphatic rings. The topological polar surface area (TPSA) is 32.8 Å². The van der Waals surface area contributed by atoms with E-state index in [2.05, 4.69) is 22.5 Å². The van der Waals surface area contributed by atoms with Crippen LogP contribution in [-0.2, 0) is 0 Å². The molecule has 0 bridgehead atoms. The monoisotopic (exact) mass is 197 g/mol. The summed E-state index contributed by atoms with van der Waals surface area (Å²) in [4.78, 5) is 3.22. The number of rotatable bonds is 2. The van der Waals surface area contributed by atoms with Crippen molar-refractivity contribution in [3.63, 3.8) is 0 Å². The van der Waals surface area contributed by atoms with Crippen molar-refractivity contribution in [2.75, 3.05) is 5.43 Å². The van der Waals surface area contributed by atoms with Crippen LogP contribution in [0, 0.1) is 0 Å². The Bertz CT molecular complexity index is 563. The number of fused-ring (bicyclic) bond motifs is 1. The number of benzene rings is 1. The first kappa shape index (κ1) is 8.17. The Morgan fingerprint density at radius 3 is 2.67 bits per heavy atom. The van der Waals surface area contributed by atoms with Crippen molar-refractivity contribution in [1.29, 1.82) is 0 Å². The largest absolute Gasteiger partial charge is 0.359 e. The quantitative estimate of drug-likeness (QED) is 0.650. The summed E-state index contributed by atoms with van der Waals surface area (Å²) in [6.45, 7) is 0. The Morgan fingerprint density at radius 2 is 1.80 bits per heavy atom. The van der Waals surface area contributed by atoms with Gasteiger partial charge >= 0.3 is 0 Å². The molecule has 3 rings (SSSR count). The summed E-state index contributed by atoms with van der Waals surface area (Å²) in [5.41, 5.74) is 5.52. The number of nitrogens with one attached hydrogen (secondary N) is 2. The van der Waals surface area contributed by atoms with E-state index in [-0.39, 0.29) is 0 Å². The molecule has 3 aromatic rings. The summed E-state index contributed by atoms with van der Waals surface area (Å²) in [6, 6.07) is 12.2. The summed E-state index contributed by atoms with van der Waals surface area (Å²) in [5.74, 6) is 0. The molecular weight excluding hydrogens is 186 g/mol. The molecule has 0 radical (unpaired) electrons. The van der Waals surface area contributed by atoms with E-state index in [1.165, 1.54) is 5.39 Å². The summed E-state index contributed by atoms with van der Waals surface area (Å²) >= 11 is 0. The predicted octanol–water partition coefficient (Wildman–Crippen LogP) is 2.84. The zero-order chi connectivity index (χ0) is 10.1. The molecule has 0 atom stereocenters. The van der Waals surface area contributed by atoms with Crippen molar-refractivity contribution in [2.45, 2.75) is 0 Å². The van der Waals surface area contributed by atoms with Crippen LogP contribution in [0.2, 0.25) is 0 Å². The lowest BCUT2D eigenvalue weighted by molar-refractivity contribution is 0.974. The average Bonchev–Trinajstić information content (AvgIpc) is 2.89. The molecule has 2 aromatic heterocycles. The van der Waals surface area contributed by atoms with Gasteiger partial charge in [0.2, 0.25) is 0 Å². The second kappa shape index (κ2) is 3.20. The van der Waals surface area contributed by atoms with Crippen molar-refractivity contribution in [2.24, 2.45) is 0 Å². The van der Waals surface area contributed by atoms with Gasteiger partial charge in [-0.15, -0.1) is 0 Å². The molecule has 15 heavy (non-hydrogen) atoms. The zero-order valence-corrected chi connectivity index (χ0v) is 8.14. The predicted molar refractivity (Wildman–Crippen MR) is 61.8 cm³/mol. The van der Waals surface area contributed by atoms with Crippen molar-refractivity contribution in [3.8, 4) is 0 Å². The summed E-state index contributed by atoms with van der Waals surface area (Å²) in [7, 11) is 0. The first-order valence-electron chi connectivity index (χ1n) is 4.89. The van der Waals surface area contributed by atoms with Gasteiger partial charge in [0.05, 0.1) is 5.69 Å². The molecular formula is C12H11N3. The third kappa shape index (κ3) is 1.38. The number of anilines is 1. The van der Waals surface area contributed by atoms with E-state index in [9.17, 15) is 0 Å². The zero-order valence-electron chi connectivity index (χ0n) is 8.14. The number of para-hydroxylation sites is 1. The highest BCUT2D eigenvalue weighted by Crippen LogP contribution is 2.22. The lowest BCUT2D eigenvalue weighted by Gasteiger charge is -2.05. The fraction of sp³-hybridized carbons (Fsp3) is 0. The van der Waals surface area contributed by atoms with E-state index in [0.717, 1.165) is 11.2 Å². The lowest BCUT2D eigenvalue weighted by atomic mass is 10.2. The molecule has 0 saturated heterocycles. The molecule has 0 aliphatic heterocycles. The van der Waals surface area contributed by atoms with E-state index in [1.54, 1.807) is 0 Å². The maximum Gasteiger partial charge on any atom is 0.0798 e. The molecule has 0 spiro atoms. The number of aromatic nitrogens is 2. The van der Waals surface area contributed by atoms with Gasteiger partial charge < -0.3 is 4.98 Å². The molecule has 0 amide bonds. The van der Waals surface area contributed by atoms with Gasteiger partial charge in [-0.3, -0.25) is 10.1 Å². The third-order valence-corrected chi connectivity index (χ3v) is 2.44. The van der Waals surface area contributed by atoms with Crippen LogP contribution in [0.4, 0.5) is 5.69 Å². The smallest absolute Gasteiger partial charge is 0.0798 e. The van der Waals surface area contributed by atoms with Gasteiger partial charge in [0.1, 0.15) is 0 Å². The molecule has 74 valence electrons. The molecule has 2 N–H and O–H groups in total. The number of hydrogen-bond acceptors (Lipinski definition) is 1. The number of H-pyrrole nitrogens is 1. The number of hydrogen-bond donors (Lipinski definition) is 2. The van der Waals surface area contributed by atoms with Crippen LogP contribution in [0.1, 0.15) is 0 Å². The van der Waals surface area contributed by atoms with E-state index >= 15 is 0 Å². The highest BCUT2D eigenvalue weighted by Gasteiger charge is 2.01. The van der Waals surface area contributed by atoms with Crippen molar-refractivity contribution < 1.29 is 0 Å². The van der Waals surface area contributed by atoms with E-state index < -0.39 is 0 Å². The Hall–Kier alpha value is -2.16. The second-order valence-electron chi connectivity index (χ2n) is 3.45. The summed E-state index contributed by atoms with van der Waals surface area (Å²) in [6.07, 6.45) is 5.92. The fourth-order valence-corrected chi connectivity index (χ4v) is 1.71. The first-order chi connectivity index (χ1) is 7.43. The molecule has 0 unspecified atom stereocenters. The van der Waals surface area contributed by atoms with Crippen LogP contribution in [0.3, 0.4) is 0 Å². The first-order valence-corrected chi connectivity index (χ1v) is 4.89. The van der Waals surface area contributed by atoms with Crippen LogP contribution in [0.5, 0.6) is 0 Å². The minimum Gasteiger partial charge on any atom is -0.359 e. The second-order valence-corrected chi connectivity index (χ2v) is 3.45. The Labute approximate surface area is 87.3 Å². The molecule has 0 aliphatic carbocycles. The van der Waals surface area contributed by atoms with Crippen LogP contribution < -0.4 is 5.43 Å². The van der Waals surface area contributed by atoms with Gasteiger partial charge in [-0.05, 0) is 18.2 Å². The molecule has 0 saturated carbocycles. The van der Waals surface area contributed by atoms with E-state index in [4.69, 9.17) is 0 Å². The third-order valence-electron chi connectivity index (χ3n) is 2.44. The minimum atomic E-state index is 1.09. The summed E-state index contributed by atoms with van der Waals surface area (Å²) < 4.78 is 1.93. The van der Waals surface area contributed by atoms with E-state index in [1.807, 2.05) is 47.5 Å². The molecule has 3 heteroatoms. The van der Waals surface area contributed by atoms with Gasteiger partial charge in [-0.25, -0.2) is 0 Å². The molecule has 2 heterocycles. The normalized spacial score (nSPS) is 10.7. The van der Waals surface area contributed by atoms with Gasteiger partial charge in [0.15, 0.2) is 0 Å². The molecule has 3 nitrogen and oxygen atoms in total. The van der Waals surface area contributed by atoms with E-state index in [0.29, 0.717) is 0 Å². The van der Waals surface area contributed by atoms with Crippen LogP contribution in [-0.4, -0.2) is 9.66 Å². The fourth-order valence-electron chi connectivity index (χ4n) is 1.71. The number of nitrogens with zero attached hydrogens (tertiary/aromatic N) is 1.